The number of amides is 3. The van der Waals surface area contributed by atoms with Crippen molar-refractivity contribution < 1.29 is 35.5 Å². The molecule has 290 valence electrons. The van der Waals surface area contributed by atoms with E-state index in [-0.39, 0.29) is 42.4 Å². The van der Waals surface area contributed by atoms with E-state index in [1.807, 2.05) is 4.90 Å². The number of hydrogen-bond acceptors (Lipinski definition) is 10. The molecular formula is C38H65N5O7S. The number of piperidine rings is 1. The first kappa shape index (κ1) is 41.2. The van der Waals surface area contributed by atoms with Gasteiger partial charge in [0.15, 0.2) is 5.72 Å². The summed E-state index contributed by atoms with van der Waals surface area (Å²) in [6.45, 7) is 14.3. The lowest BCUT2D eigenvalue weighted by Crippen LogP contribution is -2.65. The van der Waals surface area contributed by atoms with Crippen molar-refractivity contribution in [1.29, 1.82) is 0 Å². The van der Waals surface area contributed by atoms with E-state index >= 15 is 0 Å². The first-order valence-corrected chi connectivity index (χ1v) is 19.8. The van der Waals surface area contributed by atoms with Gasteiger partial charge in [-0.25, -0.2) is 0 Å². The third-order valence-corrected chi connectivity index (χ3v) is 12.5. The van der Waals surface area contributed by atoms with Crippen LogP contribution >= 0.6 is 11.3 Å². The van der Waals surface area contributed by atoms with Crippen LogP contribution < -0.4 is 5.32 Å². The van der Waals surface area contributed by atoms with Crippen LogP contribution in [0.5, 0.6) is 0 Å². The van der Waals surface area contributed by atoms with E-state index in [1.165, 1.54) is 49.9 Å². The van der Waals surface area contributed by atoms with Gasteiger partial charge in [0, 0.05) is 66.2 Å². The first-order chi connectivity index (χ1) is 24.5. The summed E-state index contributed by atoms with van der Waals surface area (Å²) in [5.74, 6) is 0.216. The van der Waals surface area contributed by atoms with Gasteiger partial charge in [0.05, 0.1) is 43.1 Å². The summed E-state index contributed by atoms with van der Waals surface area (Å²) in [4.78, 5) is 51.3. The molecular weight excluding hydrogens is 671 g/mol. The molecule has 5 heterocycles. The predicted molar refractivity (Wildman–Crippen MR) is 200 cm³/mol. The summed E-state index contributed by atoms with van der Waals surface area (Å²) in [5.41, 5.74) is 0.816. The molecule has 2 aliphatic carbocycles. The van der Waals surface area contributed by atoms with E-state index < -0.39 is 11.1 Å². The van der Waals surface area contributed by atoms with Gasteiger partial charge in [0.1, 0.15) is 4.88 Å². The maximum Gasteiger partial charge on any atom is 0.265 e. The lowest BCUT2D eigenvalue weighted by atomic mass is 9.70. The number of nitrogens with one attached hydrogen (secondary N) is 1. The normalized spacial score (nSPS) is 29.0. The van der Waals surface area contributed by atoms with Crippen LogP contribution in [0, 0.1) is 28.6 Å². The first-order valence-electron chi connectivity index (χ1n) is 18.9. The number of aromatic nitrogens is 1. The molecule has 1 aromatic heterocycles. The van der Waals surface area contributed by atoms with E-state index in [2.05, 4.69) is 42.6 Å². The topological polar surface area (TPSA) is 148 Å². The third-order valence-electron chi connectivity index (χ3n) is 11.7. The molecule has 6 aliphatic rings. The Kier molecular flexibility index (Phi) is 14.9. The minimum atomic E-state index is -0.472. The number of nitrogens with zero attached hydrogens (tertiary/aromatic N) is 4. The molecule has 4 aliphatic heterocycles. The highest BCUT2D eigenvalue weighted by atomic mass is 32.1. The zero-order valence-corrected chi connectivity index (χ0v) is 32.4. The minimum absolute atomic E-state index is 0. The van der Waals surface area contributed by atoms with Crippen LogP contribution in [0.2, 0.25) is 0 Å². The van der Waals surface area contributed by atoms with Crippen LogP contribution in [0.25, 0.3) is 0 Å². The zero-order chi connectivity index (χ0) is 37.2. The Morgan fingerprint density at radius 3 is 2.18 bits per heavy atom. The van der Waals surface area contributed by atoms with Gasteiger partial charge in [0.25, 0.3) is 5.91 Å². The molecule has 13 heteroatoms. The highest BCUT2D eigenvalue weighted by Gasteiger charge is 2.63. The number of carbonyl (C=O) groups is 3. The van der Waals surface area contributed by atoms with E-state index in [0.29, 0.717) is 43.6 Å². The monoisotopic (exact) mass is 735 g/mol. The van der Waals surface area contributed by atoms with Gasteiger partial charge >= 0.3 is 0 Å². The van der Waals surface area contributed by atoms with Crippen LogP contribution in [-0.4, -0.2) is 126 Å². The molecule has 7 rings (SSSR count). The molecule has 0 bridgehead atoms. The Morgan fingerprint density at radius 2 is 1.69 bits per heavy atom. The number of aliphatic hydroxyl groups is 2. The third kappa shape index (κ3) is 9.70. The van der Waals surface area contributed by atoms with Crippen LogP contribution in [0.4, 0.5) is 0 Å². The number of methoxy groups -OCH3 is 1. The Hall–Kier alpha value is -2.58. The van der Waals surface area contributed by atoms with Crippen molar-refractivity contribution in [1.82, 2.24) is 25.0 Å². The van der Waals surface area contributed by atoms with Crippen molar-refractivity contribution in [3.63, 3.8) is 0 Å². The molecule has 1 unspecified atom stereocenters. The van der Waals surface area contributed by atoms with Gasteiger partial charge in [-0.2, -0.15) is 0 Å². The molecule has 0 radical (unpaired) electrons. The van der Waals surface area contributed by atoms with E-state index in [1.54, 1.807) is 23.7 Å². The van der Waals surface area contributed by atoms with Crippen LogP contribution in [-0.2, 0) is 19.1 Å². The lowest BCUT2D eigenvalue weighted by molar-refractivity contribution is -0.152. The summed E-state index contributed by atoms with van der Waals surface area (Å²) in [7, 11) is 2.75. The lowest BCUT2D eigenvalue weighted by Gasteiger charge is -2.51. The van der Waals surface area contributed by atoms with E-state index in [0.717, 1.165) is 58.8 Å². The molecule has 3 amide bonds. The maximum absolute atomic E-state index is 14.1. The molecule has 0 aromatic carbocycles. The standard InChI is InChI=1S/C29H43N5O5S.C6H12.C2H4O.CH4O.H2/c1-5-23(29(17-39-29)34-8-6-7-19(11-34)13-38-4)31-24(35)21-12-32(26(37)22-10-30-18-40-22)14-28(21)15-33(16-28)25(36)20-9-27(20,2)3;1-2-4-6-5-3-1;1-2-3;1-2;/h10,18-21,23H,5-9,11-17H2,1-4H3,(H,31,35);1-6H2;2-3H,1H2;2H,1H3;1H/t19-,20+,21-,23-,29?;;;;/m0..../s1. The van der Waals surface area contributed by atoms with E-state index in [9.17, 15) is 14.4 Å². The smallest absolute Gasteiger partial charge is 0.265 e. The number of thiazole rings is 1. The predicted octanol–water partition coefficient (Wildman–Crippen LogP) is 4.95. The Balaban J connectivity index is 0.000000532. The maximum atomic E-state index is 14.1. The largest absolute Gasteiger partial charge is 0.516 e. The van der Waals surface area contributed by atoms with Gasteiger partial charge in [-0.3, -0.25) is 24.3 Å². The minimum Gasteiger partial charge on any atom is -0.516 e. The van der Waals surface area contributed by atoms with Crippen LogP contribution in [0.15, 0.2) is 24.5 Å². The molecule has 2 saturated carbocycles. The average Bonchev–Trinajstić information content (AvgIpc) is 3.89. The van der Waals surface area contributed by atoms with E-state index in [4.69, 9.17) is 19.7 Å². The Labute approximate surface area is 310 Å². The van der Waals surface area contributed by atoms with Gasteiger partial charge < -0.3 is 34.8 Å². The quantitative estimate of drug-likeness (QED) is 0.237. The summed E-state index contributed by atoms with van der Waals surface area (Å²) in [6.07, 6.45) is 15.2. The Morgan fingerprint density at radius 1 is 1.10 bits per heavy atom. The second-order valence-corrected chi connectivity index (χ2v) is 16.6. The fourth-order valence-corrected chi connectivity index (χ4v) is 9.17. The molecule has 3 N–H and O–H groups in total. The fourth-order valence-electron chi connectivity index (χ4n) is 8.59. The van der Waals surface area contributed by atoms with Crippen molar-refractivity contribution in [3.8, 4) is 0 Å². The number of epoxide rings is 1. The van der Waals surface area contributed by atoms with Gasteiger partial charge in [-0.1, -0.05) is 65.9 Å². The van der Waals surface area contributed by atoms with Crippen LogP contribution in [0.1, 0.15) is 96.1 Å². The molecule has 6 fully saturated rings. The molecule has 5 atom stereocenters. The summed E-state index contributed by atoms with van der Waals surface area (Å²) in [5, 5.41) is 17.7. The Bertz CT molecular complexity index is 1270. The number of likely N-dealkylation sites (tertiary alicyclic amines) is 3. The van der Waals surface area contributed by atoms with Gasteiger partial charge in [-0.15, -0.1) is 11.3 Å². The highest BCUT2D eigenvalue weighted by molar-refractivity contribution is 7.11. The van der Waals surface area contributed by atoms with Crippen molar-refractivity contribution in [2.24, 2.45) is 28.6 Å². The molecule has 1 spiro atoms. The van der Waals surface area contributed by atoms with Crippen molar-refractivity contribution in [3.05, 3.63) is 29.4 Å². The number of ether oxygens (including phenoxy) is 2. The second-order valence-electron chi connectivity index (χ2n) is 15.7. The number of carbonyl (C=O) groups excluding carboxylic acids is 3. The van der Waals surface area contributed by atoms with Crippen molar-refractivity contribution in [2.75, 3.05) is 66.7 Å². The fraction of sp³-hybridized carbons (Fsp3) is 0.789. The molecule has 51 heavy (non-hydrogen) atoms. The van der Waals surface area contributed by atoms with Gasteiger partial charge in [0.2, 0.25) is 11.8 Å². The summed E-state index contributed by atoms with van der Waals surface area (Å²) >= 11 is 1.32. The average molecular weight is 736 g/mol. The number of rotatable bonds is 9. The summed E-state index contributed by atoms with van der Waals surface area (Å²) in [6, 6.07) is -0.144. The SMILES string of the molecule is C1CCCCC1.C=CO.CC[C@H](NC(=O)[C@@H]1CN(C(=O)c2cncs2)CC12CN(C(=O)[C@H]1CC1(C)C)C2)C1(N2CCC[C@H](COC)C2)CO1.CO.[HH]. The number of aliphatic hydroxyl groups excluding tert-OH is 2. The summed E-state index contributed by atoms with van der Waals surface area (Å²) < 4.78 is 11.6. The molecule has 12 nitrogen and oxygen atoms in total. The molecule has 1 aromatic rings. The van der Waals surface area contributed by atoms with Gasteiger partial charge in [-0.05, 0) is 37.0 Å². The van der Waals surface area contributed by atoms with Crippen molar-refractivity contribution in [2.45, 2.75) is 96.7 Å². The number of hydrogen-bond donors (Lipinski definition) is 3. The van der Waals surface area contributed by atoms with Crippen LogP contribution in [0.3, 0.4) is 0 Å². The molecule has 4 saturated heterocycles. The second kappa shape index (κ2) is 18.4. The van der Waals surface area contributed by atoms with Crippen molar-refractivity contribution >= 4 is 29.1 Å². The zero-order valence-electron chi connectivity index (χ0n) is 31.6. The highest BCUT2D eigenvalue weighted by Crippen LogP contribution is 2.55.